The Hall–Kier alpha value is -2.16. The molecule has 2 fully saturated rings. The quantitative estimate of drug-likeness (QED) is 0.338. The molecule has 4 rings (SSSR count). The van der Waals surface area contributed by atoms with Crippen molar-refractivity contribution in [1.82, 2.24) is 14.7 Å². The number of anilines is 1. The van der Waals surface area contributed by atoms with Gasteiger partial charge >= 0.3 is 0 Å². The van der Waals surface area contributed by atoms with Crippen LogP contribution in [-0.2, 0) is 9.47 Å². The second kappa shape index (κ2) is 15.6. The van der Waals surface area contributed by atoms with Gasteiger partial charge in [-0.1, -0.05) is 35.4 Å². The molecule has 2 saturated heterocycles. The molecule has 0 amide bonds. The van der Waals surface area contributed by atoms with E-state index in [-0.39, 0.29) is 12.1 Å². The van der Waals surface area contributed by atoms with Crippen molar-refractivity contribution in [3.05, 3.63) is 59.7 Å². The van der Waals surface area contributed by atoms with Gasteiger partial charge in [-0.2, -0.15) is 0 Å². The minimum atomic E-state index is -0.0367. The van der Waals surface area contributed by atoms with Crippen LogP contribution in [0.4, 0.5) is 5.69 Å². The minimum Gasteiger partial charge on any atom is -0.491 e. The Bertz CT molecular complexity index is 947. The molecular weight excluding hydrogens is 488 g/mol. The Balaban J connectivity index is 1.45. The number of likely N-dealkylation sites (N-methyl/N-ethyl adjacent to an activating group) is 1. The van der Waals surface area contributed by atoms with E-state index in [1.54, 1.807) is 7.11 Å². The summed E-state index contributed by atoms with van der Waals surface area (Å²) in [5, 5.41) is 0. The lowest BCUT2D eigenvalue weighted by atomic mass is 10.0. The van der Waals surface area contributed by atoms with Crippen molar-refractivity contribution in [3.8, 4) is 5.75 Å². The maximum absolute atomic E-state index is 6.73. The highest BCUT2D eigenvalue weighted by Crippen LogP contribution is 2.25. The van der Waals surface area contributed by atoms with Crippen LogP contribution >= 0.6 is 0 Å². The first kappa shape index (κ1) is 29.8. The Kier molecular flexibility index (Phi) is 11.9. The van der Waals surface area contributed by atoms with Gasteiger partial charge in [0.15, 0.2) is 0 Å². The highest BCUT2D eigenvalue weighted by atomic mass is 16.5. The average Bonchev–Trinajstić information content (AvgIpc) is 2.95. The zero-order valence-electron chi connectivity index (χ0n) is 24.7. The molecule has 2 aromatic carbocycles. The zero-order valence-corrected chi connectivity index (χ0v) is 24.7. The van der Waals surface area contributed by atoms with Gasteiger partial charge < -0.3 is 28.9 Å². The molecule has 2 aromatic rings. The molecule has 39 heavy (non-hydrogen) atoms. The van der Waals surface area contributed by atoms with E-state index in [0.29, 0.717) is 6.61 Å². The van der Waals surface area contributed by atoms with Crippen LogP contribution in [0.1, 0.15) is 24.0 Å². The molecule has 0 bridgehead atoms. The van der Waals surface area contributed by atoms with Crippen LogP contribution in [0.2, 0.25) is 0 Å². The fraction of sp³-hybridized carbons (Fsp3) is 0.625. The maximum atomic E-state index is 6.73. The van der Waals surface area contributed by atoms with Crippen LogP contribution in [0, 0.1) is 13.8 Å². The monoisotopic (exact) mass is 538 g/mol. The number of benzene rings is 2. The molecule has 0 saturated carbocycles. The molecule has 2 aliphatic heterocycles. The normalized spacial score (nSPS) is 20.3. The highest BCUT2D eigenvalue weighted by Gasteiger charge is 2.34. The zero-order chi connectivity index (χ0) is 27.5. The summed E-state index contributed by atoms with van der Waals surface area (Å²) in [4.78, 5) is 10.1. The Morgan fingerprint density at radius 1 is 0.769 bits per heavy atom. The number of ether oxygens (including phenoxy) is 3. The number of hydrogen-bond donors (Lipinski definition) is 0. The standard InChI is InChI=1S/C32H50N4O3/c1-27-7-11-29(12-8-27)36-22-21-35(16-5-23-37-4)25-31(36)32(26-39-30-13-9-28(2)10-14-30)38-24-6-15-34-19-17-33(3)18-20-34/h7-14,31-32H,5-6,15-26H2,1-4H3. The lowest BCUT2D eigenvalue weighted by molar-refractivity contribution is -0.0143. The molecule has 0 aromatic heterocycles. The third kappa shape index (κ3) is 9.47. The van der Waals surface area contributed by atoms with Crippen molar-refractivity contribution < 1.29 is 14.2 Å². The summed E-state index contributed by atoms with van der Waals surface area (Å²) in [6, 6.07) is 17.5. The SMILES string of the molecule is COCCCN1CCN(c2ccc(C)cc2)C(C(COc2ccc(C)cc2)OCCCN2CCN(C)CC2)C1. The van der Waals surface area contributed by atoms with Gasteiger partial charge in [-0.25, -0.2) is 0 Å². The first-order chi connectivity index (χ1) is 19.0. The van der Waals surface area contributed by atoms with E-state index < -0.39 is 0 Å². The number of aryl methyl sites for hydroxylation is 2. The Morgan fingerprint density at radius 2 is 1.38 bits per heavy atom. The van der Waals surface area contributed by atoms with Crippen molar-refractivity contribution in [2.24, 2.45) is 0 Å². The van der Waals surface area contributed by atoms with E-state index in [4.69, 9.17) is 14.2 Å². The topological polar surface area (TPSA) is 40.7 Å². The first-order valence-electron chi connectivity index (χ1n) is 14.8. The van der Waals surface area contributed by atoms with Crippen LogP contribution in [0.5, 0.6) is 5.75 Å². The molecular formula is C32H50N4O3. The number of rotatable bonds is 14. The predicted octanol–water partition coefficient (Wildman–Crippen LogP) is 3.93. The van der Waals surface area contributed by atoms with E-state index in [1.165, 1.54) is 16.8 Å². The summed E-state index contributed by atoms with van der Waals surface area (Å²) < 4.78 is 18.4. The largest absolute Gasteiger partial charge is 0.491 e. The van der Waals surface area contributed by atoms with E-state index in [2.05, 4.69) is 89.0 Å². The van der Waals surface area contributed by atoms with Crippen LogP contribution in [0.25, 0.3) is 0 Å². The first-order valence-corrected chi connectivity index (χ1v) is 14.8. The second-order valence-corrected chi connectivity index (χ2v) is 11.3. The maximum Gasteiger partial charge on any atom is 0.119 e. The molecule has 216 valence electrons. The fourth-order valence-electron chi connectivity index (χ4n) is 5.56. The number of hydrogen-bond acceptors (Lipinski definition) is 7. The fourth-order valence-corrected chi connectivity index (χ4v) is 5.56. The highest BCUT2D eigenvalue weighted by molar-refractivity contribution is 5.49. The molecule has 0 N–H and O–H groups in total. The molecule has 2 heterocycles. The van der Waals surface area contributed by atoms with Gasteiger partial charge in [-0.05, 0) is 58.0 Å². The van der Waals surface area contributed by atoms with Crippen LogP contribution in [-0.4, -0.2) is 120 Å². The van der Waals surface area contributed by atoms with Gasteiger partial charge in [0, 0.05) is 84.9 Å². The summed E-state index contributed by atoms with van der Waals surface area (Å²) in [7, 11) is 3.99. The minimum absolute atomic E-state index is 0.0367. The van der Waals surface area contributed by atoms with Gasteiger partial charge in [-0.3, -0.25) is 4.90 Å². The summed E-state index contributed by atoms with van der Waals surface area (Å²) in [6.45, 7) is 16.1. The number of methoxy groups -OCH3 is 1. The predicted molar refractivity (Wildman–Crippen MR) is 160 cm³/mol. The molecule has 7 nitrogen and oxygen atoms in total. The molecule has 2 atom stereocenters. The molecule has 0 spiro atoms. The number of nitrogens with zero attached hydrogens (tertiary/aromatic N) is 4. The molecule has 0 aliphatic carbocycles. The number of piperazine rings is 2. The van der Waals surface area contributed by atoms with Gasteiger partial charge in [0.2, 0.25) is 0 Å². The van der Waals surface area contributed by atoms with Crippen molar-refractivity contribution in [1.29, 1.82) is 0 Å². The lowest BCUT2D eigenvalue weighted by Gasteiger charge is -2.46. The third-order valence-electron chi connectivity index (χ3n) is 8.10. The van der Waals surface area contributed by atoms with E-state index in [9.17, 15) is 0 Å². The van der Waals surface area contributed by atoms with Gasteiger partial charge in [0.05, 0.1) is 6.04 Å². The summed E-state index contributed by atoms with van der Waals surface area (Å²) >= 11 is 0. The summed E-state index contributed by atoms with van der Waals surface area (Å²) in [5.41, 5.74) is 3.79. The smallest absolute Gasteiger partial charge is 0.119 e. The molecule has 2 aliphatic rings. The third-order valence-corrected chi connectivity index (χ3v) is 8.10. The van der Waals surface area contributed by atoms with Crippen LogP contribution in [0.3, 0.4) is 0 Å². The molecule has 7 heteroatoms. The second-order valence-electron chi connectivity index (χ2n) is 11.3. The van der Waals surface area contributed by atoms with Gasteiger partial charge in [-0.15, -0.1) is 0 Å². The van der Waals surface area contributed by atoms with Gasteiger partial charge in [0.25, 0.3) is 0 Å². The summed E-state index contributed by atoms with van der Waals surface area (Å²) in [5.74, 6) is 0.904. The summed E-state index contributed by atoms with van der Waals surface area (Å²) in [6.07, 6.45) is 2.05. The van der Waals surface area contributed by atoms with Crippen molar-refractivity contribution >= 4 is 5.69 Å². The van der Waals surface area contributed by atoms with Gasteiger partial charge in [0.1, 0.15) is 18.5 Å². The van der Waals surface area contributed by atoms with E-state index in [0.717, 1.165) is 90.7 Å². The Labute approximate surface area is 236 Å². The van der Waals surface area contributed by atoms with Crippen molar-refractivity contribution in [2.45, 2.75) is 38.8 Å². The Morgan fingerprint density at radius 3 is 2.08 bits per heavy atom. The van der Waals surface area contributed by atoms with E-state index >= 15 is 0 Å². The van der Waals surface area contributed by atoms with Crippen LogP contribution in [0.15, 0.2) is 48.5 Å². The molecule has 0 radical (unpaired) electrons. The van der Waals surface area contributed by atoms with E-state index in [1.807, 2.05) is 0 Å². The van der Waals surface area contributed by atoms with Crippen molar-refractivity contribution in [3.63, 3.8) is 0 Å². The average molecular weight is 539 g/mol. The lowest BCUT2D eigenvalue weighted by Crippen LogP contribution is -2.60. The van der Waals surface area contributed by atoms with Crippen LogP contribution < -0.4 is 9.64 Å². The van der Waals surface area contributed by atoms with Crippen molar-refractivity contribution in [2.75, 3.05) is 97.8 Å². The molecule has 2 unspecified atom stereocenters.